The minimum absolute atomic E-state index is 0.00418. The summed E-state index contributed by atoms with van der Waals surface area (Å²) in [6, 6.07) is 13.1. The van der Waals surface area contributed by atoms with Crippen molar-refractivity contribution in [3.8, 4) is 11.3 Å². The molecule has 0 aliphatic carbocycles. The summed E-state index contributed by atoms with van der Waals surface area (Å²) >= 11 is 0. The lowest BCUT2D eigenvalue weighted by atomic mass is 9.88. The number of rotatable bonds is 4. The van der Waals surface area contributed by atoms with Crippen molar-refractivity contribution < 1.29 is 14.0 Å². The average Bonchev–Trinajstić information content (AvgIpc) is 3.03. The van der Waals surface area contributed by atoms with Gasteiger partial charge in [0.25, 0.3) is 11.5 Å². The first-order valence-corrected chi connectivity index (χ1v) is 9.59. The molecule has 0 radical (unpaired) electrons. The van der Waals surface area contributed by atoms with Crippen LogP contribution in [0.2, 0.25) is 0 Å². The lowest BCUT2D eigenvalue weighted by molar-refractivity contribution is -0.115. The van der Waals surface area contributed by atoms with Gasteiger partial charge >= 0.3 is 6.03 Å². The van der Waals surface area contributed by atoms with E-state index >= 15 is 0 Å². The predicted molar refractivity (Wildman–Crippen MR) is 112 cm³/mol. The standard InChI is InChI=1S/C23H20FN3O3/c1-12(2)16(11-20-22(29)27-23(30)26-20)15-8-9-19(25-21(15)28)14-7-6-13-4-3-5-18(24)17(13)10-14/h3-12,16H,1-2H3,(H,25,28)(H2,26,27,29,30)/b20-11-. The van der Waals surface area contributed by atoms with Gasteiger partial charge in [-0.1, -0.05) is 44.2 Å². The fraction of sp³-hybridized carbons (Fsp3) is 0.174. The molecule has 4 rings (SSSR count). The van der Waals surface area contributed by atoms with Crippen molar-refractivity contribution in [3.05, 3.63) is 82.0 Å². The number of halogens is 1. The van der Waals surface area contributed by atoms with Gasteiger partial charge in [0, 0.05) is 22.6 Å². The zero-order valence-corrected chi connectivity index (χ0v) is 16.5. The van der Waals surface area contributed by atoms with E-state index in [0.29, 0.717) is 22.2 Å². The number of imide groups is 1. The van der Waals surface area contributed by atoms with Crippen LogP contribution < -0.4 is 16.2 Å². The van der Waals surface area contributed by atoms with Crippen molar-refractivity contribution in [2.45, 2.75) is 19.8 Å². The fourth-order valence-corrected chi connectivity index (χ4v) is 3.64. The highest BCUT2D eigenvalue weighted by molar-refractivity contribution is 6.11. The number of aromatic nitrogens is 1. The monoisotopic (exact) mass is 405 g/mol. The van der Waals surface area contributed by atoms with Crippen LogP contribution in [-0.4, -0.2) is 16.9 Å². The van der Waals surface area contributed by atoms with Crippen molar-refractivity contribution in [2.24, 2.45) is 5.92 Å². The molecule has 1 aliphatic rings. The van der Waals surface area contributed by atoms with E-state index in [2.05, 4.69) is 15.6 Å². The molecular weight excluding hydrogens is 385 g/mol. The van der Waals surface area contributed by atoms with Gasteiger partial charge in [0.05, 0.1) is 0 Å². The largest absolute Gasteiger partial charge is 0.326 e. The number of aromatic amines is 1. The van der Waals surface area contributed by atoms with Crippen LogP contribution in [0.15, 0.2) is 65.1 Å². The number of carbonyl (C=O) groups excluding carboxylic acids is 2. The Balaban J connectivity index is 1.73. The maximum atomic E-state index is 14.1. The Morgan fingerprint density at radius 1 is 0.967 bits per heavy atom. The molecule has 0 bridgehead atoms. The Morgan fingerprint density at radius 2 is 1.77 bits per heavy atom. The number of H-pyrrole nitrogens is 1. The third kappa shape index (κ3) is 3.61. The van der Waals surface area contributed by atoms with Crippen molar-refractivity contribution in [1.82, 2.24) is 15.6 Å². The summed E-state index contributed by atoms with van der Waals surface area (Å²) < 4.78 is 14.1. The fourth-order valence-electron chi connectivity index (χ4n) is 3.64. The normalized spacial score (nSPS) is 16.2. The van der Waals surface area contributed by atoms with Crippen molar-refractivity contribution in [2.75, 3.05) is 0 Å². The van der Waals surface area contributed by atoms with Gasteiger partial charge in [0.2, 0.25) is 0 Å². The van der Waals surface area contributed by atoms with E-state index in [1.165, 1.54) is 6.07 Å². The molecule has 152 valence electrons. The Hall–Kier alpha value is -3.74. The van der Waals surface area contributed by atoms with E-state index in [1.807, 2.05) is 32.0 Å². The number of carbonyl (C=O) groups is 2. The maximum Gasteiger partial charge on any atom is 0.326 e. The van der Waals surface area contributed by atoms with Gasteiger partial charge in [-0.25, -0.2) is 9.18 Å². The molecule has 0 spiro atoms. The topological polar surface area (TPSA) is 91.1 Å². The summed E-state index contributed by atoms with van der Waals surface area (Å²) in [5, 5.41) is 5.86. The van der Waals surface area contributed by atoms with Crippen molar-refractivity contribution >= 4 is 22.7 Å². The quantitative estimate of drug-likeness (QED) is 0.456. The highest BCUT2D eigenvalue weighted by atomic mass is 19.1. The Kier molecular flexibility index (Phi) is 4.95. The molecule has 1 atom stereocenters. The number of hydrogen-bond donors (Lipinski definition) is 3. The molecule has 6 nitrogen and oxygen atoms in total. The van der Waals surface area contributed by atoms with Gasteiger partial charge in [0.1, 0.15) is 11.5 Å². The molecule has 7 heteroatoms. The van der Waals surface area contributed by atoms with E-state index in [1.54, 1.807) is 30.3 Å². The minimum Gasteiger partial charge on any atom is -0.322 e. The van der Waals surface area contributed by atoms with Crippen molar-refractivity contribution in [3.63, 3.8) is 0 Å². The van der Waals surface area contributed by atoms with Crippen LogP contribution in [0.4, 0.5) is 9.18 Å². The van der Waals surface area contributed by atoms with Crippen LogP contribution in [0.25, 0.3) is 22.0 Å². The molecule has 1 aliphatic heterocycles. The first-order valence-electron chi connectivity index (χ1n) is 9.59. The number of pyridine rings is 1. The summed E-state index contributed by atoms with van der Waals surface area (Å²) in [4.78, 5) is 38.9. The predicted octanol–water partition coefficient (Wildman–Crippen LogP) is 3.80. The highest BCUT2D eigenvalue weighted by Crippen LogP contribution is 2.28. The smallest absolute Gasteiger partial charge is 0.322 e. The number of fused-ring (bicyclic) bond motifs is 1. The second-order valence-electron chi connectivity index (χ2n) is 7.59. The van der Waals surface area contributed by atoms with E-state index in [-0.39, 0.29) is 28.9 Å². The number of benzene rings is 2. The van der Waals surface area contributed by atoms with Crippen LogP contribution in [-0.2, 0) is 4.79 Å². The molecule has 1 saturated heterocycles. The van der Waals surface area contributed by atoms with Crippen LogP contribution in [0.3, 0.4) is 0 Å². The number of amides is 3. The summed E-state index contributed by atoms with van der Waals surface area (Å²) in [5.74, 6) is -1.21. The second kappa shape index (κ2) is 7.59. The first-order chi connectivity index (χ1) is 14.3. The van der Waals surface area contributed by atoms with Crippen LogP contribution in [0.1, 0.15) is 25.3 Å². The van der Waals surface area contributed by atoms with E-state index < -0.39 is 11.9 Å². The molecule has 1 fully saturated rings. The summed E-state index contributed by atoms with van der Waals surface area (Å²) in [6.45, 7) is 3.85. The van der Waals surface area contributed by atoms with E-state index in [0.717, 1.165) is 5.39 Å². The van der Waals surface area contributed by atoms with Gasteiger partial charge in [-0.2, -0.15) is 0 Å². The minimum atomic E-state index is -0.582. The third-order valence-electron chi connectivity index (χ3n) is 5.22. The molecule has 0 saturated carbocycles. The molecule has 2 aromatic carbocycles. The van der Waals surface area contributed by atoms with Gasteiger partial charge in [-0.15, -0.1) is 0 Å². The van der Waals surface area contributed by atoms with Gasteiger partial charge in [0.15, 0.2) is 0 Å². The summed E-state index contributed by atoms with van der Waals surface area (Å²) in [5.41, 5.74) is 1.56. The maximum absolute atomic E-state index is 14.1. The number of nitrogens with one attached hydrogen (secondary N) is 3. The Labute approximate surface area is 171 Å². The highest BCUT2D eigenvalue weighted by Gasteiger charge is 2.26. The van der Waals surface area contributed by atoms with E-state index in [9.17, 15) is 18.8 Å². The van der Waals surface area contributed by atoms with Gasteiger partial charge < -0.3 is 10.3 Å². The van der Waals surface area contributed by atoms with Crippen LogP contribution in [0.5, 0.6) is 0 Å². The molecule has 1 unspecified atom stereocenters. The Morgan fingerprint density at radius 3 is 2.43 bits per heavy atom. The number of hydrogen-bond acceptors (Lipinski definition) is 3. The Bertz CT molecular complexity index is 1260. The zero-order valence-electron chi connectivity index (χ0n) is 16.5. The molecule has 3 amide bonds. The van der Waals surface area contributed by atoms with Crippen molar-refractivity contribution in [1.29, 1.82) is 0 Å². The second-order valence-corrected chi connectivity index (χ2v) is 7.59. The molecule has 3 aromatic rings. The van der Waals surface area contributed by atoms with Crippen LogP contribution in [0, 0.1) is 11.7 Å². The van der Waals surface area contributed by atoms with E-state index in [4.69, 9.17) is 0 Å². The molecule has 3 N–H and O–H groups in total. The van der Waals surface area contributed by atoms with Gasteiger partial charge in [-0.05, 0) is 41.1 Å². The SMILES string of the molecule is CC(C)C(/C=C1\NC(=O)NC1=O)c1ccc(-c2ccc3cccc(F)c3c2)[nH]c1=O. The molecule has 1 aromatic heterocycles. The summed E-state index contributed by atoms with van der Waals surface area (Å²) in [6.07, 6.45) is 1.60. The number of urea groups is 1. The first kappa shape index (κ1) is 19.6. The summed E-state index contributed by atoms with van der Waals surface area (Å²) in [7, 11) is 0. The molecule has 30 heavy (non-hydrogen) atoms. The lowest BCUT2D eigenvalue weighted by Gasteiger charge is -2.18. The molecular formula is C23H20FN3O3. The number of allylic oxidation sites excluding steroid dienone is 1. The lowest BCUT2D eigenvalue weighted by Crippen LogP contribution is -2.22. The van der Waals surface area contributed by atoms with Crippen LogP contribution >= 0.6 is 0 Å². The third-order valence-corrected chi connectivity index (χ3v) is 5.22. The van der Waals surface area contributed by atoms with Gasteiger partial charge in [-0.3, -0.25) is 14.9 Å². The zero-order chi connectivity index (χ0) is 21.4. The average molecular weight is 405 g/mol. The molecule has 2 heterocycles.